The van der Waals surface area contributed by atoms with Crippen molar-refractivity contribution >= 4 is 17.0 Å². The molecule has 1 nitrogen and oxygen atoms in total. The summed E-state index contributed by atoms with van der Waals surface area (Å²) < 4.78 is 0. The van der Waals surface area contributed by atoms with E-state index in [1.807, 2.05) is 0 Å². The maximum absolute atomic E-state index is 2.31. The van der Waals surface area contributed by atoms with Crippen LogP contribution in [-0.2, 0) is 6.42 Å². The summed E-state index contributed by atoms with van der Waals surface area (Å²) in [5.74, 6) is 0. The van der Waals surface area contributed by atoms with E-state index in [0.717, 1.165) is 0 Å². The van der Waals surface area contributed by atoms with Crippen LogP contribution in [0.2, 0.25) is 0 Å². The second-order valence-electron chi connectivity index (χ2n) is 2.45. The van der Waals surface area contributed by atoms with Crippen LogP contribution < -0.4 is 4.90 Å². The Labute approximate surface area is 58.9 Å². The van der Waals surface area contributed by atoms with Crippen LogP contribution in [0.25, 0.3) is 0 Å². The van der Waals surface area contributed by atoms with E-state index in [0.29, 0.717) is 0 Å². The first-order valence-corrected chi connectivity index (χ1v) is 4.08. The van der Waals surface area contributed by atoms with Crippen LogP contribution in [0.15, 0.2) is 10.8 Å². The van der Waals surface area contributed by atoms with Crippen molar-refractivity contribution in [2.24, 2.45) is 0 Å². The maximum Gasteiger partial charge on any atom is 0.0505 e. The van der Waals surface area contributed by atoms with Crippen LogP contribution >= 0.6 is 11.3 Å². The lowest BCUT2D eigenvalue weighted by Crippen LogP contribution is -2.11. The molecule has 0 saturated carbocycles. The lowest BCUT2D eigenvalue weighted by molar-refractivity contribution is 0.956. The highest BCUT2D eigenvalue weighted by atomic mass is 32.1. The number of thiophene rings is 1. The minimum absolute atomic E-state index is 1.21. The van der Waals surface area contributed by atoms with E-state index in [-0.39, 0.29) is 0 Å². The van der Waals surface area contributed by atoms with Crippen LogP contribution in [0.5, 0.6) is 0 Å². The largest absolute Gasteiger partial charge is 0.373 e. The smallest absolute Gasteiger partial charge is 0.0505 e. The Morgan fingerprint density at radius 3 is 3.22 bits per heavy atom. The Morgan fingerprint density at radius 2 is 2.44 bits per heavy atom. The molecule has 0 amide bonds. The number of hydrogen-bond acceptors (Lipinski definition) is 2. The molecule has 0 aromatic carbocycles. The summed E-state index contributed by atoms with van der Waals surface area (Å²) in [4.78, 5) is 2.31. The third-order valence-electron chi connectivity index (χ3n) is 1.85. The molecule has 1 aliphatic rings. The fourth-order valence-corrected chi connectivity index (χ4v) is 2.18. The summed E-state index contributed by atoms with van der Waals surface area (Å²) in [5, 5.41) is 4.47. The molecule has 0 radical (unpaired) electrons. The number of hydrogen-bond donors (Lipinski definition) is 0. The van der Waals surface area contributed by atoms with Crippen molar-refractivity contribution in [3.05, 3.63) is 16.3 Å². The highest BCUT2D eigenvalue weighted by Crippen LogP contribution is 2.29. The topological polar surface area (TPSA) is 3.24 Å². The molecular formula is C7H9NS. The molecule has 0 aliphatic carbocycles. The second kappa shape index (κ2) is 1.74. The fourth-order valence-electron chi connectivity index (χ4n) is 1.25. The van der Waals surface area contributed by atoms with Crippen LogP contribution in [0.4, 0.5) is 5.69 Å². The summed E-state index contributed by atoms with van der Waals surface area (Å²) in [5.41, 5.74) is 2.97. The number of nitrogens with zero attached hydrogens (tertiary/aromatic N) is 1. The molecule has 1 aliphatic heterocycles. The van der Waals surface area contributed by atoms with E-state index in [1.54, 1.807) is 11.3 Å². The molecule has 48 valence electrons. The Morgan fingerprint density at radius 1 is 1.56 bits per heavy atom. The Bertz CT molecular complexity index is 216. The maximum atomic E-state index is 2.31. The van der Waals surface area contributed by atoms with Gasteiger partial charge in [-0.2, -0.15) is 0 Å². The highest BCUT2D eigenvalue weighted by molar-refractivity contribution is 7.08. The first-order chi connectivity index (χ1) is 4.38. The van der Waals surface area contributed by atoms with Crippen molar-refractivity contribution in [2.75, 3.05) is 18.5 Å². The van der Waals surface area contributed by atoms with Crippen LogP contribution in [0, 0.1) is 0 Å². The number of anilines is 1. The van der Waals surface area contributed by atoms with Gasteiger partial charge in [-0.3, -0.25) is 0 Å². The van der Waals surface area contributed by atoms with Crippen molar-refractivity contribution in [1.29, 1.82) is 0 Å². The van der Waals surface area contributed by atoms with Crippen molar-refractivity contribution in [2.45, 2.75) is 6.42 Å². The minimum atomic E-state index is 1.21. The van der Waals surface area contributed by atoms with Gasteiger partial charge in [0.05, 0.1) is 5.69 Å². The van der Waals surface area contributed by atoms with Crippen molar-refractivity contribution in [1.82, 2.24) is 0 Å². The zero-order valence-corrected chi connectivity index (χ0v) is 6.24. The van der Waals surface area contributed by atoms with Gasteiger partial charge in [0.25, 0.3) is 0 Å². The summed E-state index contributed by atoms with van der Waals surface area (Å²) >= 11 is 1.80. The van der Waals surface area contributed by atoms with Gasteiger partial charge in [0.15, 0.2) is 0 Å². The van der Waals surface area contributed by atoms with Gasteiger partial charge in [-0.15, -0.1) is 11.3 Å². The predicted octanol–water partition coefficient (Wildman–Crippen LogP) is 1.74. The molecule has 9 heavy (non-hydrogen) atoms. The second-order valence-corrected chi connectivity index (χ2v) is 3.20. The Hall–Kier alpha value is -0.500. The molecule has 1 aromatic heterocycles. The average molecular weight is 139 g/mol. The number of rotatable bonds is 0. The lowest BCUT2D eigenvalue weighted by atomic mass is 10.3. The zero-order valence-electron chi connectivity index (χ0n) is 5.42. The first-order valence-electron chi connectivity index (χ1n) is 3.14. The average Bonchev–Trinajstić information content (AvgIpc) is 2.35. The van der Waals surface area contributed by atoms with Crippen LogP contribution in [0.3, 0.4) is 0 Å². The summed E-state index contributed by atoms with van der Waals surface area (Å²) in [6.07, 6.45) is 1.25. The molecule has 2 heterocycles. The van der Waals surface area contributed by atoms with Gasteiger partial charge >= 0.3 is 0 Å². The molecule has 0 fully saturated rings. The molecule has 0 spiro atoms. The Balaban J connectivity index is 2.49. The molecule has 0 saturated heterocycles. The summed E-state index contributed by atoms with van der Waals surface area (Å²) in [7, 11) is 2.15. The molecule has 1 aromatic rings. The third-order valence-corrected chi connectivity index (χ3v) is 2.63. The van der Waals surface area contributed by atoms with E-state index >= 15 is 0 Å². The standard InChI is InChI=1S/C7H9NS/c1-8-3-2-6-4-9-5-7(6)8/h4-5H,2-3H2,1H3. The van der Waals surface area contributed by atoms with Gasteiger partial charge in [0, 0.05) is 19.0 Å². The van der Waals surface area contributed by atoms with E-state index in [1.165, 1.54) is 24.2 Å². The quantitative estimate of drug-likeness (QED) is 0.529. The molecule has 2 heteroatoms. The summed E-state index contributed by atoms with van der Waals surface area (Å²) in [6, 6.07) is 0. The fraction of sp³-hybridized carbons (Fsp3) is 0.429. The van der Waals surface area contributed by atoms with Crippen molar-refractivity contribution in [3.8, 4) is 0 Å². The van der Waals surface area contributed by atoms with Gasteiger partial charge in [0.2, 0.25) is 0 Å². The lowest BCUT2D eigenvalue weighted by Gasteiger charge is -2.07. The molecule has 0 N–H and O–H groups in total. The zero-order chi connectivity index (χ0) is 6.27. The van der Waals surface area contributed by atoms with Gasteiger partial charge in [-0.05, 0) is 17.4 Å². The first kappa shape index (κ1) is 5.30. The third kappa shape index (κ3) is 0.663. The number of fused-ring (bicyclic) bond motifs is 1. The molecule has 2 rings (SSSR count). The van der Waals surface area contributed by atoms with E-state index in [2.05, 4.69) is 22.7 Å². The normalized spacial score (nSPS) is 16.3. The van der Waals surface area contributed by atoms with E-state index < -0.39 is 0 Å². The molecule has 0 atom stereocenters. The van der Waals surface area contributed by atoms with Gasteiger partial charge in [-0.25, -0.2) is 0 Å². The monoisotopic (exact) mass is 139 g/mol. The van der Waals surface area contributed by atoms with Crippen molar-refractivity contribution in [3.63, 3.8) is 0 Å². The van der Waals surface area contributed by atoms with Crippen LogP contribution in [-0.4, -0.2) is 13.6 Å². The van der Waals surface area contributed by atoms with Gasteiger partial charge in [-0.1, -0.05) is 0 Å². The van der Waals surface area contributed by atoms with Crippen LogP contribution in [0.1, 0.15) is 5.56 Å². The highest BCUT2D eigenvalue weighted by Gasteiger charge is 2.14. The van der Waals surface area contributed by atoms with E-state index in [9.17, 15) is 0 Å². The Kier molecular flexibility index (Phi) is 1.02. The predicted molar refractivity (Wildman–Crippen MR) is 41.3 cm³/mol. The van der Waals surface area contributed by atoms with Gasteiger partial charge < -0.3 is 4.90 Å². The molecule has 0 bridgehead atoms. The van der Waals surface area contributed by atoms with Gasteiger partial charge in [0.1, 0.15) is 0 Å². The molecular weight excluding hydrogens is 130 g/mol. The SMILES string of the molecule is CN1CCc2cscc21. The van der Waals surface area contributed by atoms with Crippen molar-refractivity contribution < 1.29 is 0 Å². The molecule has 0 unspecified atom stereocenters. The number of likely N-dealkylation sites (N-methyl/N-ethyl adjacent to an activating group) is 1. The summed E-state index contributed by atoms with van der Waals surface area (Å²) in [6.45, 7) is 1.21. The van der Waals surface area contributed by atoms with E-state index in [4.69, 9.17) is 0 Å². The minimum Gasteiger partial charge on any atom is -0.373 e.